The molecule has 6 nitrogen and oxygen atoms in total. The first-order chi connectivity index (χ1) is 16.4. The summed E-state index contributed by atoms with van der Waals surface area (Å²) >= 11 is 1.69. The summed E-state index contributed by atoms with van der Waals surface area (Å²) in [6.45, 7) is 9.07. The second-order valence-electron chi connectivity index (χ2n) is 9.78. The van der Waals surface area contributed by atoms with Crippen molar-refractivity contribution in [2.45, 2.75) is 63.8 Å². The van der Waals surface area contributed by atoms with Gasteiger partial charge in [-0.15, -0.1) is 12.4 Å². The van der Waals surface area contributed by atoms with E-state index in [-0.39, 0.29) is 24.9 Å². The van der Waals surface area contributed by atoms with Gasteiger partial charge in [-0.25, -0.2) is 4.98 Å². The molecule has 0 atom stereocenters. The van der Waals surface area contributed by atoms with Gasteiger partial charge in [0.15, 0.2) is 5.16 Å². The second-order valence-corrected chi connectivity index (χ2v) is 10.8. The average Bonchev–Trinajstić information content (AvgIpc) is 3.16. The van der Waals surface area contributed by atoms with E-state index in [1.807, 2.05) is 49.6 Å². The minimum atomic E-state index is -0.502. The Morgan fingerprint density at radius 2 is 1.77 bits per heavy atom. The highest BCUT2D eigenvalue weighted by atomic mass is 35.5. The molecular formula is C27H37ClN4O2S. The van der Waals surface area contributed by atoms with Gasteiger partial charge < -0.3 is 19.5 Å². The number of hydrogen-bond donors (Lipinski definition) is 1. The Hall–Kier alpha value is -2.38. The van der Waals surface area contributed by atoms with E-state index in [0.29, 0.717) is 0 Å². The predicted molar refractivity (Wildman–Crippen MR) is 149 cm³/mol. The Kier molecular flexibility index (Phi) is 9.75. The van der Waals surface area contributed by atoms with Crippen molar-refractivity contribution in [3.8, 4) is 0 Å². The second kappa shape index (κ2) is 12.5. The molecule has 4 rings (SSSR count). The summed E-state index contributed by atoms with van der Waals surface area (Å²) in [5.74, 6) is 0.670. The summed E-state index contributed by atoms with van der Waals surface area (Å²) in [6.07, 6.45) is 4.94. The molecule has 0 saturated carbocycles. The molecule has 35 heavy (non-hydrogen) atoms. The van der Waals surface area contributed by atoms with Crippen LogP contribution in [0.1, 0.15) is 46.5 Å². The molecule has 0 unspecified atom stereocenters. The van der Waals surface area contributed by atoms with E-state index in [4.69, 9.17) is 9.72 Å². The van der Waals surface area contributed by atoms with Crippen molar-refractivity contribution in [2.24, 2.45) is 0 Å². The van der Waals surface area contributed by atoms with Crippen molar-refractivity contribution in [3.63, 3.8) is 0 Å². The summed E-state index contributed by atoms with van der Waals surface area (Å²) < 4.78 is 7.52. The number of ether oxygens (including phenoxy) is 1. The number of fused-ring (bicyclic) bond motifs is 1. The Labute approximate surface area is 219 Å². The number of halogens is 1. The Morgan fingerprint density at radius 1 is 1.06 bits per heavy atom. The molecule has 1 aliphatic heterocycles. The van der Waals surface area contributed by atoms with Crippen molar-refractivity contribution in [1.82, 2.24) is 9.55 Å². The van der Waals surface area contributed by atoms with Gasteiger partial charge in [0.2, 0.25) is 0 Å². The van der Waals surface area contributed by atoms with E-state index in [2.05, 4.69) is 34.5 Å². The number of aromatic nitrogens is 2. The average molecular weight is 517 g/mol. The number of hydrogen-bond acceptors (Lipinski definition) is 6. The molecule has 0 radical (unpaired) electrons. The quantitative estimate of drug-likeness (QED) is 0.202. The molecule has 3 aromatic rings. The molecule has 2 aromatic carbocycles. The number of thioether (sulfide) groups is 1. The standard InChI is InChI=1S/C27H36N4O2S.ClH/c1-27(2,3)33-25(32)20-31-24-11-6-5-10-23(24)29-26(31)34-19-9-16-28-21-12-14-22(15-13-21)30-17-7-4-8-18-30;/h5-6,10-15,28H,4,7-9,16-20H2,1-3H3;1H. The number of benzene rings is 2. The molecule has 0 spiro atoms. The maximum Gasteiger partial charge on any atom is 0.326 e. The lowest BCUT2D eigenvalue weighted by Gasteiger charge is -2.28. The predicted octanol–water partition coefficient (Wildman–Crippen LogP) is 6.38. The van der Waals surface area contributed by atoms with Gasteiger partial charge in [-0.2, -0.15) is 0 Å². The highest BCUT2D eigenvalue weighted by molar-refractivity contribution is 7.99. The monoisotopic (exact) mass is 516 g/mol. The largest absolute Gasteiger partial charge is 0.459 e. The molecule has 8 heteroatoms. The Balaban J connectivity index is 0.00000342. The number of carbonyl (C=O) groups is 1. The van der Waals surface area contributed by atoms with E-state index in [0.717, 1.165) is 40.6 Å². The first-order valence-corrected chi connectivity index (χ1v) is 13.3. The number of imidazole rings is 1. The van der Waals surface area contributed by atoms with Crippen LogP contribution in [0, 0.1) is 0 Å². The molecule has 1 aliphatic rings. The van der Waals surface area contributed by atoms with Crippen molar-refractivity contribution >= 4 is 52.5 Å². The lowest BCUT2D eigenvalue weighted by molar-refractivity contribution is -0.155. The van der Waals surface area contributed by atoms with Crippen LogP contribution >= 0.6 is 24.2 Å². The fraction of sp³-hybridized carbons (Fsp3) is 0.481. The summed E-state index contributed by atoms with van der Waals surface area (Å²) in [4.78, 5) is 19.7. The van der Waals surface area contributed by atoms with E-state index in [1.54, 1.807) is 11.8 Å². The first kappa shape index (κ1) is 27.2. The lowest BCUT2D eigenvalue weighted by atomic mass is 10.1. The number of para-hydroxylation sites is 2. The minimum absolute atomic E-state index is 0. The van der Waals surface area contributed by atoms with Gasteiger partial charge in [0.1, 0.15) is 12.1 Å². The van der Waals surface area contributed by atoms with Gasteiger partial charge in [0.05, 0.1) is 11.0 Å². The maximum absolute atomic E-state index is 12.5. The van der Waals surface area contributed by atoms with Gasteiger partial charge in [-0.3, -0.25) is 4.79 Å². The van der Waals surface area contributed by atoms with Crippen molar-refractivity contribution in [3.05, 3.63) is 48.5 Å². The number of nitrogens with one attached hydrogen (secondary N) is 1. The first-order valence-electron chi connectivity index (χ1n) is 12.3. The zero-order valence-electron chi connectivity index (χ0n) is 21.0. The SMILES string of the molecule is CC(C)(C)OC(=O)Cn1c(SCCCNc2ccc(N3CCCCC3)cc2)nc2ccccc21.Cl. The Bertz CT molecular complexity index is 1090. The zero-order valence-corrected chi connectivity index (χ0v) is 22.6. The third-order valence-electron chi connectivity index (χ3n) is 5.80. The smallest absolute Gasteiger partial charge is 0.326 e. The number of carbonyl (C=O) groups excluding carboxylic acids is 1. The van der Waals surface area contributed by atoms with Crippen LogP contribution in [0.4, 0.5) is 11.4 Å². The van der Waals surface area contributed by atoms with Crippen molar-refractivity contribution in [2.75, 3.05) is 35.6 Å². The van der Waals surface area contributed by atoms with Crippen molar-refractivity contribution in [1.29, 1.82) is 0 Å². The molecule has 190 valence electrons. The molecular weight excluding hydrogens is 480 g/mol. The molecule has 1 N–H and O–H groups in total. The summed E-state index contributed by atoms with van der Waals surface area (Å²) in [5.41, 5.74) is 3.84. The molecule has 0 amide bonds. The molecule has 1 aromatic heterocycles. The minimum Gasteiger partial charge on any atom is -0.459 e. The van der Waals surface area contributed by atoms with Gasteiger partial charge in [0, 0.05) is 36.8 Å². The van der Waals surface area contributed by atoms with Crippen LogP contribution in [0.2, 0.25) is 0 Å². The fourth-order valence-electron chi connectivity index (χ4n) is 4.23. The Morgan fingerprint density at radius 3 is 2.49 bits per heavy atom. The van der Waals surface area contributed by atoms with Gasteiger partial charge in [-0.05, 0) is 82.9 Å². The summed E-state index contributed by atoms with van der Waals surface area (Å²) in [5, 5.41) is 4.39. The van der Waals surface area contributed by atoms with E-state index >= 15 is 0 Å². The molecule has 1 fully saturated rings. The number of piperidine rings is 1. The zero-order chi connectivity index (χ0) is 24.0. The van der Waals surface area contributed by atoms with Crippen LogP contribution in [-0.2, 0) is 16.1 Å². The van der Waals surface area contributed by atoms with E-state index < -0.39 is 5.60 Å². The number of anilines is 2. The van der Waals surface area contributed by atoms with Crippen LogP contribution in [0.25, 0.3) is 11.0 Å². The van der Waals surface area contributed by atoms with Crippen LogP contribution < -0.4 is 10.2 Å². The van der Waals surface area contributed by atoms with E-state index in [1.165, 1.54) is 38.0 Å². The van der Waals surface area contributed by atoms with Crippen LogP contribution in [0.15, 0.2) is 53.7 Å². The lowest BCUT2D eigenvalue weighted by Crippen LogP contribution is -2.29. The van der Waals surface area contributed by atoms with Crippen LogP contribution in [0.3, 0.4) is 0 Å². The number of esters is 1. The van der Waals surface area contributed by atoms with Gasteiger partial charge in [0.25, 0.3) is 0 Å². The van der Waals surface area contributed by atoms with Gasteiger partial charge >= 0.3 is 5.97 Å². The highest BCUT2D eigenvalue weighted by Gasteiger charge is 2.19. The molecule has 0 aliphatic carbocycles. The normalized spacial score (nSPS) is 14.0. The molecule has 2 heterocycles. The topological polar surface area (TPSA) is 59.4 Å². The molecule has 0 bridgehead atoms. The van der Waals surface area contributed by atoms with Crippen LogP contribution in [-0.4, -0.2) is 46.5 Å². The van der Waals surface area contributed by atoms with E-state index in [9.17, 15) is 4.79 Å². The summed E-state index contributed by atoms with van der Waals surface area (Å²) in [7, 11) is 0. The maximum atomic E-state index is 12.5. The number of nitrogens with zero attached hydrogens (tertiary/aromatic N) is 3. The third-order valence-corrected chi connectivity index (χ3v) is 6.86. The number of rotatable bonds is 9. The molecule has 1 saturated heterocycles. The fourth-order valence-corrected chi connectivity index (χ4v) is 5.18. The van der Waals surface area contributed by atoms with Crippen molar-refractivity contribution < 1.29 is 9.53 Å². The highest BCUT2D eigenvalue weighted by Crippen LogP contribution is 2.26. The van der Waals surface area contributed by atoms with Gasteiger partial charge in [-0.1, -0.05) is 23.9 Å². The van der Waals surface area contributed by atoms with Crippen LogP contribution in [0.5, 0.6) is 0 Å². The summed E-state index contributed by atoms with van der Waals surface area (Å²) in [6, 6.07) is 16.7. The third kappa shape index (κ3) is 7.80.